The number of amides is 2. The zero-order valence-electron chi connectivity index (χ0n) is 29.1. The lowest BCUT2D eigenvalue weighted by molar-refractivity contribution is -0.143. The van der Waals surface area contributed by atoms with Gasteiger partial charge in [-0.3, -0.25) is 14.4 Å². The molecule has 0 aromatic heterocycles. The number of para-hydroxylation sites is 1. The molecule has 1 heterocycles. The molecule has 50 heavy (non-hydrogen) atoms. The molecular formula is C42H46N2O6. The van der Waals surface area contributed by atoms with E-state index in [2.05, 4.69) is 38.2 Å². The van der Waals surface area contributed by atoms with Crippen molar-refractivity contribution in [2.24, 2.45) is 5.92 Å². The summed E-state index contributed by atoms with van der Waals surface area (Å²) < 4.78 is 12.2. The maximum atomic E-state index is 14.4. The van der Waals surface area contributed by atoms with Gasteiger partial charge >= 0.3 is 5.97 Å². The second kappa shape index (κ2) is 15.2. The van der Waals surface area contributed by atoms with Crippen LogP contribution in [0.3, 0.4) is 0 Å². The summed E-state index contributed by atoms with van der Waals surface area (Å²) in [5.41, 5.74) is 3.48. The first-order chi connectivity index (χ1) is 24.0. The predicted octanol–water partition coefficient (Wildman–Crippen LogP) is 8.91. The van der Waals surface area contributed by atoms with E-state index < -0.39 is 24.0 Å². The van der Waals surface area contributed by atoms with Crippen molar-refractivity contribution in [1.29, 1.82) is 0 Å². The first-order valence-electron chi connectivity index (χ1n) is 17.6. The molecule has 0 bridgehead atoms. The van der Waals surface area contributed by atoms with Crippen molar-refractivity contribution in [2.75, 3.05) is 6.54 Å². The van der Waals surface area contributed by atoms with E-state index in [1.54, 1.807) is 29.2 Å². The van der Waals surface area contributed by atoms with Crippen LogP contribution in [0.15, 0.2) is 97.1 Å². The number of nitrogens with zero attached hydrogens (tertiary/aromatic N) is 1. The van der Waals surface area contributed by atoms with Gasteiger partial charge in [-0.1, -0.05) is 82.1 Å². The number of hydrogen-bond donors (Lipinski definition) is 2. The fourth-order valence-corrected chi connectivity index (χ4v) is 7.02. The molecule has 6 rings (SSSR count). The monoisotopic (exact) mass is 674 g/mol. The average molecular weight is 675 g/mol. The Labute approximate surface area is 294 Å². The van der Waals surface area contributed by atoms with Crippen LogP contribution in [0.4, 0.5) is 0 Å². The van der Waals surface area contributed by atoms with E-state index in [0.29, 0.717) is 59.4 Å². The molecular weight excluding hydrogens is 628 g/mol. The minimum absolute atomic E-state index is 0.00982. The molecule has 0 saturated heterocycles. The van der Waals surface area contributed by atoms with Crippen LogP contribution < -0.4 is 14.8 Å². The maximum absolute atomic E-state index is 14.4. The number of benzene rings is 4. The molecule has 2 atom stereocenters. The minimum Gasteiger partial charge on any atom is -0.481 e. The number of hydrogen-bond acceptors (Lipinski definition) is 5. The van der Waals surface area contributed by atoms with E-state index in [1.807, 2.05) is 60.7 Å². The number of carboxylic acids is 1. The van der Waals surface area contributed by atoms with Crippen molar-refractivity contribution in [1.82, 2.24) is 10.2 Å². The van der Waals surface area contributed by atoms with Gasteiger partial charge in [0, 0.05) is 13.0 Å². The van der Waals surface area contributed by atoms with E-state index in [4.69, 9.17) is 9.47 Å². The topological polar surface area (TPSA) is 105 Å². The van der Waals surface area contributed by atoms with Crippen LogP contribution in [0.2, 0.25) is 0 Å². The van der Waals surface area contributed by atoms with Gasteiger partial charge in [-0.15, -0.1) is 0 Å². The molecule has 1 aliphatic heterocycles. The molecule has 1 fully saturated rings. The lowest BCUT2D eigenvalue weighted by atomic mass is 9.87. The average Bonchev–Trinajstić information content (AvgIpc) is 3.61. The zero-order valence-corrected chi connectivity index (χ0v) is 29.1. The Morgan fingerprint density at radius 1 is 0.820 bits per heavy atom. The molecule has 0 radical (unpaired) electrons. The van der Waals surface area contributed by atoms with Gasteiger partial charge in [0.05, 0.1) is 12.5 Å². The number of fused-ring (bicyclic) bond motifs is 1. The van der Waals surface area contributed by atoms with Crippen molar-refractivity contribution in [3.8, 4) is 23.0 Å². The highest BCUT2D eigenvalue weighted by Crippen LogP contribution is 2.37. The summed E-state index contributed by atoms with van der Waals surface area (Å²) in [5.74, 6) is 1.29. The van der Waals surface area contributed by atoms with Crippen LogP contribution in [-0.4, -0.2) is 34.3 Å². The standard InChI is InChI=1S/C42H46N2O6/c1-42(2,3)31-16-21-34(22-17-31)50-35-20-13-29-23-24-44(38(45)25-28-9-7-8-10-28)40(36(29)26-35)41(48)43-37(27-39(46)47)30-14-18-33(19-15-30)49-32-11-5-4-6-12-32/h4-6,11-22,26,28,37,40H,7-10,23-25,27H2,1-3H3,(H,43,48)(H,46,47). The SMILES string of the molecule is CC(C)(C)c1ccc(Oc2ccc3c(c2)C(C(=O)NC(CC(=O)O)c2ccc(Oc4ccccc4)cc2)N(C(=O)CC2CCCC2)CC3)cc1. The number of rotatable bonds is 11. The Bertz CT molecular complexity index is 1790. The van der Waals surface area contributed by atoms with Gasteiger partial charge in [-0.2, -0.15) is 0 Å². The lowest BCUT2D eigenvalue weighted by Crippen LogP contribution is -2.48. The second-order valence-electron chi connectivity index (χ2n) is 14.5. The lowest BCUT2D eigenvalue weighted by Gasteiger charge is -2.38. The Hall–Kier alpha value is -5.11. The number of carbonyl (C=O) groups excluding carboxylic acids is 2. The third kappa shape index (κ3) is 8.54. The van der Waals surface area contributed by atoms with Crippen LogP contribution >= 0.6 is 0 Å². The van der Waals surface area contributed by atoms with Gasteiger partial charge in [-0.05, 0) is 101 Å². The van der Waals surface area contributed by atoms with Crippen LogP contribution in [0.25, 0.3) is 0 Å². The third-order valence-electron chi connectivity index (χ3n) is 9.77. The van der Waals surface area contributed by atoms with Crippen molar-refractivity contribution in [3.05, 3.63) is 119 Å². The van der Waals surface area contributed by atoms with Crippen LogP contribution in [0.5, 0.6) is 23.0 Å². The predicted molar refractivity (Wildman–Crippen MR) is 192 cm³/mol. The summed E-state index contributed by atoms with van der Waals surface area (Å²) in [4.78, 5) is 42.1. The molecule has 2 aliphatic rings. The fraction of sp³-hybridized carbons (Fsp3) is 0.357. The molecule has 8 nitrogen and oxygen atoms in total. The largest absolute Gasteiger partial charge is 0.481 e. The number of carboxylic acid groups (broad SMARTS) is 1. The number of carbonyl (C=O) groups is 3. The van der Waals surface area contributed by atoms with Crippen molar-refractivity contribution < 1.29 is 29.0 Å². The van der Waals surface area contributed by atoms with E-state index >= 15 is 0 Å². The molecule has 4 aromatic carbocycles. The molecule has 8 heteroatoms. The zero-order chi connectivity index (χ0) is 35.3. The van der Waals surface area contributed by atoms with E-state index in [-0.39, 0.29) is 17.7 Å². The van der Waals surface area contributed by atoms with Gasteiger partial charge in [0.25, 0.3) is 0 Å². The molecule has 2 unspecified atom stereocenters. The number of ether oxygens (including phenoxy) is 2. The molecule has 1 aliphatic carbocycles. The summed E-state index contributed by atoms with van der Waals surface area (Å²) in [6, 6.07) is 28.3. The molecule has 260 valence electrons. The van der Waals surface area contributed by atoms with E-state index in [9.17, 15) is 19.5 Å². The van der Waals surface area contributed by atoms with Gasteiger partial charge in [0.2, 0.25) is 11.8 Å². The van der Waals surface area contributed by atoms with Gasteiger partial charge < -0.3 is 24.8 Å². The highest BCUT2D eigenvalue weighted by molar-refractivity contribution is 5.90. The molecule has 2 N–H and O–H groups in total. The summed E-state index contributed by atoms with van der Waals surface area (Å²) in [6.45, 7) is 6.88. The van der Waals surface area contributed by atoms with Crippen LogP contribution in [0.1, 0.15) is 93.6 Å². The minimum atomic E-state index is -1.05. The first kappa shape index (κ1) is 34.7. The van der Waals surface area contributed by atoms with E-state index in [1.165, 1.54) is 5.56 Å². The van der Waals surface area contributed by atoms with Gasteiger partial charge in [-0.25, -0.2) is 0 Å². The number of nitrogens with one attached hydrogen (secondary N) is 1. The Balaban J connectivity index is 1.28. The van der Waals surface area contributed by atoms with Gasteiger partial charge in [0.1, 0.15) is 29.0 Å². The van der Waals surface area contributed by atoms with Gasteiger partial charge in [0.15, 0.2) is 0 Å². The summed E-state index contributed by atoms with van der Waals surface area (Å²) in [7, 11) is 0. The smallest absolute Gasteiger partial charge is 0.305 e. The molecule has 4 aromatic rings. The molecule has 2 amide bonds. The highest BCUT2D eigenvalue weighted by Gasteiger charge is 2.38. The first-order valence-corrected chi connectivity index (χ1v) is 17.6. The maximum Gasteiger partial charge on any atom is 0.305 e. The van der Waals surface area contributed by atoms with Crippen molar-refractivity contribution in [2.45, 2.75) is 83.2 Å². The Kier molecular flexibility index (Phi) is 10.6. The summed E-state index contributed by atoms with van der Waals surface area (Å²) in [5, 5.41) is 12.9. The highest BCUT2D eigenvalue weighted by atomic mass is 16.5. The quantitative estimate of drug-likeness (QED) is 0.165. The molecule has 0 spiro atoms. The third-order valence-corrected chi connectivity index (χ3v) is 9.77. The fourth-order valence-electron chi connectivity index (χ4n) is 7.02. The van der Waals surface area contributed by atoms with Crippen LogP contribution in [-0.2, 0) is 26.2 Å². The second-order valence-corrected chi connectivity index (χ2v) is 14.5. The van der Waals surface area contributed by atoms with Crippen molar-refractivity contribution in [3.63, 3.8) is 0 Å². The summed E-state index contributed by atoms with van der Waals surface area (Å²) >= 11 is 0. The van der Waals surface area contributed by atoms with E-state index in [0.717, 1.165) is 31.2 Å². The Morgan fingerprint density at radius 2 is 1.42 bits per heavy atom. The number of aliphatic carboxylic acids is 1. The Morgan fingerprint density at radius 3 is 2.06 bits per heavy atom. The molecule has 1 saturated carbocycles. The van der Waals surface area contributed by atoms with Crippen LogP contribution in [0, 0.1) is 5.92 Å². The van der Waals surface area contributed by atoms with Crippen molar-refractivity contribution >= 4 is 17.8 Å². The normalized spacial score (nSPS) is 16.7. The summed E-state index contributed by atoms with van der Waals surface area (Å²) in [6.07, 6.45) is 4.96.